The largest absolute Gasteiger partial charge is 0.486 e. The zero-order valence-electron chi connectivity index (χ0n) is 19.0. The fourth-order valence-electron chi connectivity index (χ4n) is 4.18. The Morgan fingerprint density at radius 3 is 2.61 bits per heavy atom. The van der Waals surface area contributed by atoms with Crippen molar-refractivity contribution in [1.82, 2.24) is 15.1 Å². The minimum atomic E-state index is -1.21. The van der Waals surface area contributed by atoms with Crippen molar-refractivity contribution in [1.29, 1.82) is 0 Å². The van der Waals surface area contributed by atoms with E-state index < -0.39 is 11.1 Å². The molecule has 172 valence electrons. The summed E-state index contributed by atoms with van der Waals surface area (Å²) in [6.45, 7) is 8.66. The molecule has 1 atom stereocenters. The van der Waals surface area contributed by atoms with Gasteiger partial charge in [0.15, 0.2) is 11.5 Å². The van der Waals surface area contributed by atoms with E-state index in [-0.39, 0.29) is 18.4 Å². The number of carbonyl (C=O) groups excluding carboxylic acids is 2. The van der Waals surface area contributed by atoms with Crippen LogP contribution in [-0.4, -0.2) is 45.9 Å². The number of benzene rings is 1. The van der Waals surface area contributed by atoms with Crippen LogP contribution >= 0.6 is 11.3 Å². The molecule has 33 heavy (non-hydrogen) atoms. The van der Waals surface area contributed by atoms with Crippen LogP contribution in [0.2, 0.25) is 0 Å². The van der Waals surface area contributed by atoms with Gasteiger partial charge in [-0.15, -0.1) is 11.3 Å². The van der Waals surface area contributed by atoms with Crippen molar-refractivity contribution < 1.29 is 19.1 Å². The van der Waals surface area contributed by atoms with Crippen molar-refractivity contribution in [3.05, 3.63) is 47.5 Å². The normalized spacial score (nSPS) is 19.9. The van der Waals surface area contributed by atoms with Crippen molar-refractivity contribution in [2.24, 2.45) is 0 Å². The minimum Gasteiger partial charge on any atom is -0.486 e. The Balaban J connectivity index is 1.62. The summed E-state index contributed by atoms with van der Waals surface area (Å²) in [7, 11) is 0. The summed E-state index contributed by atoms with van der Waals surface area (Å²) in [4.78, 5) is 30.0. The van der Waals surface area contributed by atoms with Gasteiger partial charge in [-0.2, -0.15) is 5.10 Å². The average molecular weight is 467 g/mol. The highest BCUT2D eigenvalue weighted by Gasteiger charge is 2.49. The number of ether oxygens (including phenoxy) is 2. The molecule has 5 rings (SSSR count). The van der Waals surface area contributed by atoms with Crippen molar-refractivity contribution in [2.45, 2.75) is 45.3 Å². The molecule has 0 radical (unpaired) electrons. The van der Waals surface area contributed by atoms with E-state index >= 15 is 0 Å². The molecule has 4 heterocycles. The summed E-state index contributed by atoms with van der Waals surface area (Å²) in [6, 6.07) is 11.0. The monoisotopic (exact) mass is 466 g/mol. The van der Waals surface area contributed by atoms with E-state index in [9.17, 15) is 9.59 Å². The molecule has 1 unspecified atom stereocenters. The van der Waals surface area contributed by atoms with Gasteiger partial charge in [-0.3, -0.25) is 19.2 Å². The second kappa shape index (κ2) is 7.62. The Kier molecular flexibility index (Phi) is 4.97. The van der Waals surface area contributed by atoms with Crippen LogP contribution in [0.25, 0.3) is 10.6 Å². The number of nitrogens with zero attached hydrogens (tertiary/aromatic N) is 3. The Labute approximate surface area is 196 Å². The van der Waals surface area contributed by atoms with Gasteiger partial charge in [-0.1, -0.05) is 6.07 Å². The van der Waals surface area contributed by atoms with Gasteiger partial charge in [0.1, 0.15) is 30.1 Å². The first-order valence-corrected chi connectivity index (χ1v) is 11.7. The van der Waals surface area contributed by atoms with E-state index in [1.165, 1.54) is 0 Å². The number of amides is 2. The number of aromatic nitrogens is 2. The van der Waals surface area contributed by atoms with Crippen LogP contribution in [-0.2, 0) is 11.3 Å². The van der Waals surface area contributed by atoms with Crippen LogP contribution in [0.4, 0.5) is 5.69 Å². The number of fused-ring (bicyclic) bond motifs is 2. The lowest BCUT2D eigenvalue weighted by atomic mass is 9.92. The molecule has 0 spiro atoms. The summed E-state index contributed by atoms with van der Waals surface area (Å²) < 4.78 is 13.0. The lowest BCUT2D eigenvalue weighted by Crippen LogP contribution is -2.66. The van der Waals surface area contributed by atoms with Crippen molar-refractivity contribution in [3.8, 4) is 22.1 Å². The molecular formula is C24H26N4O4S. The van der Waals surface area contributed by atoms with Gasteiger partial charge in [0.05, 0.1) is 11.4 Å². The Hall–Kier alpha value is -3.33. The van der Waals surface area contributed by atoms with Crippen LogP contribution in [0.5, 0.6) is 11.5 Å². The average Bonchev–Trinajstić information content (AvgIpc) is 3.42. The number of nitrogens with one attached hydrogen (secondary N) is 1. The van der Waals surface area contributed by atoms with Crippen molar-refractivity contribution in [3.63, 3.8) is 0 Å². The third-order valence-electron chi connectivity index (χ3n) is 5.69. The molecule has 0 saturated carbocycles. The quantitative estimate of drug-likeness (QED) is 0.636. The van der Waals surface area contributed by atoms with Crippen LogP contribution in [0.1, 0.15) is 38.2 Å². The number of thiophene rings is 1. The molecule has 2 aliphatic heterocycles. The highest BCUT2D eigenvalue weighted by Crippen LogP contribution is 2.39. The van der Waals surface area contributed by atoms with Gasteiger partial charge in [0.25, 0.3) is 5.91 Å². The Morgan fingerprint density at radius 1 is 1.15 bits per heavy atom. The second-order valence-electron chi connectivity index (χ2n) is 9.50. The van der Waals surface area contributed by atoms with E-state index in [2.05, 4.69) is 10.4 Å². The molecule has 2 aromatic heterocycles. The minimum absolute atomic E-state index is 0.218. The third-order valence-corrected chi connectivity index (χ3v) is 6.58. The van der Waals surface area contributed by atoms with Gasteiger partial charge in [0.2, 0.25) is 5.91 Å². The molecular weight excluding hydrogens is 440 g/mol. The van der Waals surface area contributed by atoms with E-state index in [4.69, 9.17) is 9.47 Å². The van der Waals surface area contributed by atoms with Crippen LogP contribution in [0.15, 0.2) is 41.8 Å². The van der Waals surface area contributed by atoms with Gasteiger partial charge < -0.3 is 14.8 Å². The maximum atomic E-state index is 13.9. The lowest BCUT2D eigenvalue weighted by molar-refractivity contribution is -0.128. The molecule has 1 N–H and O–H groups in total. The summed E-state index contributed by atoms with van der Waals surface area (Å²) in [6.07, 6.45) is 0. The van der Waals surface area contributed by atoms with Gasteiger partial charge in [-0.05, 0) is 57.3 Å². The van der Waals surface area contributed by atoms with Crippen LogP contribution in [0.3, 0.4) is 0 Å². The number of rotatable bonds is 3. The standard InChI is InChI=1S/C24H26N4O4S/c1-23(2,3)25-22(30)24(4)14-27-17(13-16(26-27)20-6-5-11-33-20)21(29)28(24)15-7-8-18-19(12-15)32-10-9-31-18/h5-8,11-13H,9-10,14H2,1-4H3,(H,25,30). The van der Waals surface area contributed by atoms with Crippen LogP contribution in [0, 0.1) is 0 Å². The molecule has 1 aromatic carbocycles. The van der Waals surface area contributed by atoms with Gasteiger partial charge in [-0.25, -0.2) is 0 Å². The first-order valence-electron chi connectivity index (χ1n) is 10.8. The van der Waals surface area contributed by atoms with E-state index in [0.29, 0.717) is 36.1 Å². The number of carbonyl (C=O) groups is 2. The topological polar surface area (TPSA) is 85.7 Å². The molecule has 0 bridgehead atoms. The fraction of sp³-hybridized carbons (Fsp3) is 0.375. The zero-order chi connectivity index (χ0) is 23.4. The fourth-order valence-corrected chi connectivity index (χ4v) is 4.86. The number of anilines is 1. The summed E-state index contributed by atoms with van der Waals surface area (Å²) in [5.74, 6) is 0.640. The predicted octanol–water partition coefficient (Wildman–Crippen LogP) is 3.72. The highest BCUT2D eigenvalue weighted by molar-refractivity contribution is 7.13. The van der Waals surface area contributed by atoms with E-state index in [1.54, 1.807) is 52.1 Å². The smallest absolute Gasteiger partial charge is 0.277 e. The molecule has 2 aliphatic rings. The SMILES string of the molecule is CC(C)(C)NC(=O)C1(C)Cn2nc(-c3cccs3)cc2C(=O)N1c1ccc2c(c1)OCCO2. The number of hydrogen-bond acceptors (Lipinski definition) is 6. The maximum Gasteiger partial charge on any atom is 0.277 e. The summed E-state index contributed by atoms with van der Waals surface area (Å²) in [5, 5.41) is 9.69. The predicted molar refractivity (Wildman–Crippen MR) is 126 cm³/mol. The summed E-state index contributed by atoms with van der Waals surface area (Å²) >= 11 is 1.56. The molecule has 2 amide bonds. The molecule has 0 aliphatic carbocycles. The number of hydrogen-bond donors (Lipinski definition) is 1. The van der Waals surface area contributed by atoms with Crippen LogP contribution < -0.4 is 19.7 Å². The Bertz CT molecular complexity index is 1230. The van der Waals surface area contributed by atoms with E-state index in [0.717, 1.165) is 10.6 Å². The highest BCUT2D eigenvalue weighted by atomic mass is 32.1. The molecule has 3 aromatic rings. The van der Waals surface area contributed by atoms with Crippen molar-refractivity contribution in [2.75, 3.05) is 18.1 Å². The van der Waals surface area contributed by atoms with Gasteiger partial charge in [0, 0.05) is 17.3 Å². The van der Waals surface area contributed by atoms with Crippen molar-refractivity contribution >= 4 is 28.8 Å². The van der Waals surface area contributed by atoms with Gasteiger partial charge >= 0.3 is 0 Å². The van der Waals surface area contributed by atoms with E-state index in [1.807, 2.05) is 38.3 Å². The molecule has 0 saturated heterocycles. The first kappa shape index (κ1) is 21.5. The second-order valence-corrected chi connectivity index (χ2v) is 10.4. The first-order chi connectivity index (χ1) is 15.7. The molecule has 9 heteroatoms. The Morgan fingerprint density at radius 2 is 1.91 bits per heavy atom. The maximum absolute atomic E-state index is 13.9. The molecule has 8 nitrogen and oxygen atoms in total. The molecule has 0 fully saturated rings. The summed E-state index contributed by atoms with van der Waals surface area (Å²) in [5.41, 5.74) is 0.0554. The third kappa shape index (κ3) is 3.76. The lowest BCUT2D eigenvalue weighted by Gasteiger charge is -2.44. The zero-order valence-corrected chi connectivity index (χ0v) is 19.9.